The van der Waals surface area contributed by atoms with Crippen molar-refractivity contribution in [1.82, 2.24) is 25.3 Å². The van der Waals surface area contributed by atoms with Gasteiger partial charge in [0, 0.05) is 6.07 Å². The molecule has 2 aromatic heterocycles. The smallest absolute Gasteiger partial charge is 0.434 e. The van der Waals surface area contributed by atoms with E-state index in [1.807, 2.05) is 0 Å². The SMILES string of the molecule is COC(=O)C[C@@H](NC(=O)c1cnn(-c2ccc(OC)nn2)c1C(F)(F)F)c1ccccc1. The molecule has 0 fully saturated rings. The first-order valence-corrected chi connectivity index (χ1v) is 9.20. The van der Waals surface area contributed by atoms with Crippen LogP contribution in [0.5, 0.6) is 5.88 Å². The van der Waals surface area contributed by atoms with Crippen LogP contribution in [0.2, 0.25) is 0 Å². The molecule has 1 atom stereocenters. The van der Waals surface area contributed by atoms with Crippen LogP contribution in [-0.4, -0.2) is 46.1 Å². The van der Waals surface area contributed by atoms with Gasteiger partial charge in [0.05, 0.1) is 38.4 Å². The monoisotopic (exact) mass is 449 g/mol. The fraction of sp³-hybridized carbons (Fsp3) is 0.250. The Labute approximate surface area is 180 Å². The Morgan fingerprint density at radius 2 is 1.81 bits per heavy atom. The standard InChI is InChI=1S/C20H18F3N5O4/c1-31-16-9-8-15(26-27-16)28-18(20(21,22)23)13(11-24-28)19(30)25-14(10-17(29)32-2)12-6-4-3-5-7-12/h3-9,11,14H,10H2,1-2H3,(H,25,30)/t14-/m1/s1. The van der Waals surface area contributed by atoms with Crippen molar-refractivity contribution >= 4 is 11.9 Å². The fourth-order valence-corrected chi connectivity index (χ4v) is 2.92. The number of hydrogen-bond acceptors (Lipinski definition) is 7. The molecule has 0 saturated carbocycles. The zero-order chi connectivity index (χ0) is 23.3. The van der Waals surface area contributed by atoms with Crippen molar-refractivity contribution in [3.8, 4) is 11.7 Å². The van der Waals surface area contributed by atoms with Gasteiger partial charge in [0.2, 0.25) is 5.88 Å². The summed E-state index contributed by atoms with van der Waals surface area (Å²) in [6, 6.07) is 9.96. The molecular formula is C20H18F3N5O4. The summed E-state index contributed by atoms with van der Waals surface area (Å²) in [5.74, 6) is -1.87. The number of nitrogens with one attached hydrogen (secondary N) is 1. The summed E-state index contributed by atoms with van der Waals surface area (Å²) >= 11 is 0. The van der Waals surface area contributed by atoms with Crippen LogP contribution in [0, 0.1) is 0 Å². The average molecular weight is 449 g/mol. The van der Waals surface area contributed by atoms with Gasteiger partial charge in [-0.3, -0.25) is 9.59 Å². The number of nitrogens with zero attached hydrogens (tertiary/aromatic N) is 4. The van der Waals surface area contributed by atoms with Gasteiger partial charge in [-0.2, -0.15) is 18.3 Å². The van der Waals surface area contributed by atoms with E-state index < -0.39 is 35.4 Å². The third kappa shape index (κ3) is 5.02. The number of halogens is 3. The molecule has 12 heteroatoms. The van der Waals surface area contributed by atoms with E-state index in [4.69, 9.17) is 4.74 Å². The predicted octanol–water partition coefficient (Wildman–Crippen LogP) is 2.72. The summed E-state index contributed by atoms with van der Waals surface area (Å²) in [6.45, 7) is 0. The van der Waals surface area contributed by atoms with E-state index in [1.54, 1.807) is 30.3 Å². The Balaban J connectivity index is 1.97. The van der Waals surface area contributed by atoms with Crippen molar-refractivity contribution < 1.29 is 32.2 Å². The number of esters is 1. The lowest BCUT2D eigenvalue weighted by atomic mass is 10.0. The van der Waals surface area contributed by atoms with Crippen LogP contribution >= 0.6 is 0 Å². The van der Waals surface area contributed by atoms with Gasteiger partial charge in [-0.1, -0.05) is 30.3 Å². The van der Waals surface area contributed by atoms with Crippen LogP contribution in [0.3, 0.4) is 0 Å². The first kappa shape index (κ1) is 22.7. The maximum Gasteiger partial charge on any atom is 0.434 e. The molecule has 0 spiro atoms. The largest absolute Gasteiger partial charge is 0.480 e. The van der Waals surface area contributed by atoms with Gasteiger partial charge in [-0.05, 0) is 11.6 Å². The lowest BCUT2D eigenvalue weighted by Gasteiger charge is -2.19. The minimum Gasteiger partial charge on any atom is -0.480 e. The number of benzene rings is 1. The summed E-state index contributed by atoms with van der Waals surface area (Å²) in [5.41, 5.74) is -1.55. The van der Waals surface area contributed by atoms with Gasteiger partial charge in [-0.15, -0.1) is 10.2 Å². The maximum atomic E-state index is 13.9. The number of carbonyl (C=O) groups excluding carboxylic acids is 2. The Bertz CT molecular complexity index is 1080. The van der Waals surface area contributed by atoms with Crippen molar-refractivity contribution in [3.05, 3.63) is 65.5 Å². The molecule has 0 unspecified atom stereocenters. The number of carbonyl (C=O) groups is 2. The Hall–Kier alpha value is -3.96. The highest BCUT2D eigenvalue weighted by Gasteiger charge is 2.41. The Morgan fingerprint density at radius 3 is 2.38 bits per heavy atom. The van der Waals surface area contributed by atoms with E-state index in [9.17, 15) is 22.8 Å². The molecule has 0 aliphatic rings. The van der Waals surface area contributed by atoms with Crippen molar-refractivity contribution in [2.24, 2.45) is 0 Å². The van der Waals surface area contributed by atoms with Crippen molar-refractivity contribution in [2.75, 3.05) is 14.2 Å². The molecular weight excluding hydrogens is 431 g/mol. The molecule has 0 saturated heterocycles. The summed E-state index contributed by atoms with van der Waals surface area (Å²) < 4.78 is 51.6. The minimum absolute atomic E-state index is 0.0981. The minimum atomic E-state index is -4.94. The molecule has 1 aromatic carbocycles. The zero-order valence-corrected chi connectivity index (χ0v) is 17.0. The third-order valence-electron chi connectivity index (χ3n) is 4.44. The number of alkyl halides is 3. The van der Waals surface area contributed by atoms with E-state index in [0.29, 0.717) is 10.2 Å². The zero-order valence-electron chi connectivity index (χ0n) is 17.0. The van der Waals surface area contributed by atoms with Gasteiger partial charge in [0.15, 0.2) is 11.5 Å². The highest BCUT2D eigenvalue weighted by molar-refractivity contribution is 5.96. The molecule has 168 valence electrons. The Morgan fingerprint density at radius 1 is 1.09 bits per heavy atom. The van der Waals surface area contributed by atoms with E-state index in [1.165, 1.54) is 26.4 Å². The number of ether oxygens (including phenoxy) is 2. The highest BCUT2D eigenvalue weighted by Crippen LogP contribution is 2.33. The number of rotatable bonds is 7. The molecule has 0 aliphatic carbocycles. The van der Waals surface area contributed by atoms with Crippen LogP contribution in [0.4, 0.5) is 13.2 Å². The second kappa shape index (κ2) is 9.45. The number of hydrogen-bond donors (Lipinski definition) is 1. The molecule has 3 aromatic rings. The van der Waals surface area contributed by atoms with Crippen LogP contribution in [-0.2, 0) is 15.7 Å². The van der Waals surface area contributed by atoms with Gasteiger partial charge >= 0.3 is 12.1 Å². The number of methoxy groups -OCH3 is 2. The van der Waals surface area contributed by atoms with E-state index >= 15 is 0 Å². The summed E-state index contributed by atoms with van der Waals surface area (Å²) in [6.07, 6.45) is -4.43. The molecule has 9 nitrogen and oxygen atoms in total. The first-order chi connectivity index (χ1) is 15.2. The molecule has 1 amide bonds. The molecule has 2 heterocycles. The number of amides is 1. The van der Waals surface area contributed by atoms with E-state index in [2.05, 4.69) is 25.3 Å². The number of aromatic nitrogens is 4. The van der Waals surface area contributed by atoms with Crippen molar-refractivity contribution in [1.29, 1.82) is 0 Å². The molecule has 1 N–H and O–H groups in total. The maximum absolute atomic E-state index is 13.9. The third-order valence-corrected chi connectivity index (χ3v) is 4.44. The molecule has 0 radical (unpaired) electrons. The fourth-order valence-electron chi connectivity index (χ4n) is 2.92. The summed E-state index contributed by atoms with van der Waals surface area (Å²) in [7, 11) is 2.51. The molecule has 32 heavy (non-hydrogen) atoms. The quantitative estimate of drug-likeness (QED) is 0.553. The van der Waals surface area contributed by atoms with Gasteiger partial charge in [0.25, 0.3) is 5.91 Å². The van der Waals surface area contributed by atoms with E-state index in [0.717, 1.165) is 6.20 Å². The van der Waals surface area contributed by atoms with Gasteiger partial charge < -0.3 is 14.8 Å². The predicted molar refractivity (Wildman–Crippen MR) is 104 cm³/mol. The van der Waals surface area contributed by atoms with Crippen LogP contribution in [0.1, 0.15) is 34.1 Å². The molecule has 0 aliphatic heterocycles. The van der Waals surface area contributed by atoms with Crippen molar-refractivity contribution in [2.45, 2.75) is 18.6 Å². The van der Waals surface area contributed by atoms with Crippen molar-refractivity contribution in [3.63, 3.8) is 0 Å². The Kier molecular flexibility index (Phi) is 6.71. The highest BCUT2D eigenvalue weighted by atomic mass is 19.4. The van der Waals surface area contributed by atoms with Crippen LogP contribution in [0.25, 0.3) is 5.82 Å². The van der Waals surface area contributed by atoms with E-state index in [-0.39, 0.29) is 18.1 Å². The van der Waals surface area contributed by atoms with Crippen LogP contribution < -0.4 is 10.1 Å². The molecule has 0 bridgehead atoms. The second-order valence-corrected chi connectivity index (χ2v) is 6.47. The molecule has 3 rings (SSSR count). The topological polar surface area (TPSA) is 108 Å². The second-order valence-electron chi connectivity index (χ2n) is 6.47. The summed E-state index contributed by atoms with van der Waals surface area (Å²) in [4.78, 5) is 24.6. The van der Waals surface area contributed by atoms with Gasteiger partial charge in [-0.25, -0.2) is 4.68 Å². The lowest BCUT2D eigenvalue weighted by molar-refractivity contribution is -0.143. The normalized spacial score (nSPS) is 12.2. The average Bonchev–Trinajstić information content (AvgIpc) is 3.25. The first-order valence-electron chi connectivity index (χ1n) is 9.20. The lowest BCUT2D eigenvalue weighted by Crippen LogP contribution is -2.32. The van der Waals surface area contributed by atoms with Gasteiger partial charge in [0.1, 0.15) is 0 Å². The summed E-state index contributed by atoms with van der Waals surface area (Å²) in [5, 5.41) is 13.4. The van der Waals surface area contributed by atoms with Crippen LogP contribution in [0.15, 0.2) is 48.7 Å².